The highest BCUT2D eigenvalue weighted by Gasteiger charge is 2.24. The van der Waals surface area contributed by atoms with E-state index in [4.69, 9.17) is 9.72 Å². The smallest absolute Gasteiger partial charge is 0.167 e. The van der Waals surface area contributed by atoms with E-state index >= 15 is 0 Å². The largest absolute Gasteiger partial charge is 0.377 e. The lowest BCUT2D eigenvalue weighted by atomic mass is 10.2. The predicted octanol–water partition coefficient (Wildman–Crippen LogP) is 2.05. The maximum atomic E-state index is 5.61. The van der Waals surface area contributed by atoms with Crippen LogP contribution in [0.5, 0.6) is 0 Å². The Labute approximate surface area is 161 Å². The van der Waals surface area contributed by atoms with Crippen molar-refractivity contribution in [2.75, 3.05) is 24.7 Å². The molecule has 1 fully saturated rings. The van der Waals surface area contributed by atoms with Crippen molar-refractivity contribution in [2.24, 2.45) is 7.05 Å². The third-order valence-electron chi connectivity index (χ3n) is 5.19. The van der Waals surface area contributed by atoms with Crippen LogP contribution in [0.4, 0.5) is 5.82 Å². The Balaban J connectivity index is 1.75. The quantitative estimate of drug-likeness (QED) is 0.587. The van der Waals surface area contributed by atoms with Gasteiger partial charge in [-0.25, -0.2) is 9.50 Å². The van der Waals surface area contributed by atoms with E-state index in [0.29, 0.717) is 13.2 Å². The highest BCUT2D eigenvalue weighted by molar-refractivity contribution is 5.78. The van der Waals surface area contributed by atoms with Gasteiger partial charge in [0.2, 0.25) is 0 Å². The Hall–Kier alpha value is -3.20. The van der Waals surface area contributed by atoms with Gasteiger partial charge in [0.1, 0.15) is 5.82 Å². The number of aromatic amines is 1. The van der Waals surface area contributed by atoms with Crippen LogP contribution in [0.15, 0.2) is 30.6 Å². The zero-order valence-corrected chi connectivity index (χ0v) is 16.1. The summed E-state index contributed by atoms with van der Waals surface area (Å²) < 4.78 is 9.32. The van der Waals surface area contributed by atoms with Crippen molar-refractivity contribution >= 4 is 11.5 Å². The standard InChI is InChI=1S/C19H22N8O/c1-12-8-15(24-23-12)14-10-21-27-17(16-4-5-20-25(16)3)9-18(22-19(14)27)26-6-7-28-11-13(26)2/h4-5,8-10,13H,6-7,11H2,1-3H3,(H,23,24)/t13-/m1/s1. The number of morpholine rings is 1. The van der Waals surface area contributed by atoms with Gasteiger partial charge in [0, 0.05) is 31.5 Å². The van der Waals surface area contributed by atoms with Crippen LogP contribution < -0.4 is 4.90 Å². The number of fused-ring (bicyclic) bond motifs is 1. The monoisotopic (exact) mass is 378 g/mol. The SMILES string of the molecule is Cc1cc(-c2cnn3c(-c4ccnn4C)cc(N4CCOC[C@H]4C)nc23)n[nH]1. The first-order valence-corrected chi connectivity index (χ1v) is 9.36. The molecule has 0 saturated carbocycles. The molecular weight excluding hydrogens is 356 g/mol. The fourth-order valence-corrected chi connectivity index (χ4v) is 3.71. The van der Waals surface area contributed by atoms with E-state index in [1.54, 1.807) is 6.20 Å². The fraction of sp³-hybridized carbons (Fsp3) is 0.368. The molecule has 0 bridgehead atoms. The normalized spacial score (nSPS) is 17.5. The molecule has 1 aliphatic rings. The molecule has 5 rings (SSSR count). The molecule has 1 saturated heterocycles. The lowest BCUT2D eigenvalue weighted by molar-refractivity contribution is 0.0985. The third kappa shape index (κ3) is 2.66. The number of anilines is 1. The molecule has 1 aliphatic heterocycles. The van der Waals surface area contributed by atoms with Gasteiger partial charge in [0.25, 0.3) is 0 Å². The maximum Gasteiger partial charge on any atom is 0.167 e. The number of hydrogen-bond donors (Lipinski definition) is 1. The summed E-state index contributed by atoms with van der Waals surface area (Å²) in [4.78, 5) is 7.27. The number of rotatable bonds is 3. The van der Waals surface area contributed by atoms with Crippen molar-refractivity contribution in [1.29, 1.82) is 0 Å². The molecule has 9 nitrogen and oxygen atoms in total. The van der Waals surface area contributed by atoms with Crippen molar-refractivity contribution in [3.63, 3.8) is 0 Å². The summed E-state index contributed by atoms with van der Waals surface area (Å²) in [6.07, 6.45) is 3.62. The van der Waals surface area contributed by atoms with E-state index in [1.165, 1.54) is 0 Å². The third-order valence-corrected chi connectivity index (χ3v) is 5.19. The average Bonchev–Trinajstić information content (AvgIpc) is 3.41. The minimum Gasteiger partial charge on any atom is -0.377 e. The molecule has 0 amide bonds. The molecule has 0 radical (unpaired) electrons. The zero-order chi connectivity index (χ0) is 19.3. The lowest BCUT2D eigenvalue weighted by Crippen LogP contribution is -2.44. The lowest BCUT2D eigenvalue weighted by Gasteiger charge is -2.34. The molecule has 4 aromatic rings. The second-order valence-electron chi connectivity index (χ2n) is 7.19. The van der Waals surface area contributed by atoms with Crippen LogP contribution in [0.25, 0.3) is 28.3 Å². The molecule has 0 unspecified atom stereocenters. The maximum absolute atomic E-state index is 5.61. The Bertz CT molecular complexity index is 1140. The molecule has 4 aromatic heterocycles. The molecule has 0 aliphatic carbocycles. The van der Waals surface area contributed by atoms with Crippen LogP contribution in [-0.2, 0) is 11.8 Å². The Morgan fingerprint density at radius 1 is 1.21 bits per heavy atom. The average molecular weight is 378 g/mol. The highest BCUT2D eigenvalue weighted by Crippen LogP contribution is 2.30. The van der Waals surface area contributed by atoms with Gasteiger partial charge in [-0.15, -0.1) is 0 Å². The number of nitrogens with zero attached hydrogens (tertiary/aromatic N) is 7. The van der Waals surface area contributed by atoms with Gasteiger partial charge in [-0.05, 0) is 26.0 Å². The van der Waals surface area contributed by atoms with E-state index in [9.17, 15) is 0 Å². The van der Waals surface area contributed by atoms with Gasteiger partial charge in [0.05, 0.1) is 48.1 Å². The highest BCUT2D eigenvalue weighted by atomic mass is 16.5. The Kier molecular flexibility index (Phi) is 3.90. The summed E-state index contributed by atoms with van der Waals surface area (Å²) >= 11 is 0. The summed E-state index contributed by atoms with van der Waals surface area (Å²) in [5, 5.41) is 16.4. The Morgan fingerprint density at radius 3 is 2.82 bits per heavy atom. The van der Waals surface area contributed by atoms with E-state index in [2.05, 4.69) is 38.3 Å². The van der Waals surface area contributed by atoms with Crippen molar-refractivity contribution < 1.29 is 4.74 Å². The van der Waals surface area contributed by atoms with Gasteiger partial charge < -0.3 is 9.64 Å². The minimum atomic E-state index is 0.252. The van der Waals surface area contributed by atoms with E-state index in [1.807, 2.05) is 41.5 Å². The number of ether oxygens (including phenoxy) is 1. The summed E-state index contributed by atoms with van der Waals surface area (Å²) in [6.45, 7) is 6.34. The van der Waals surface area contributed by atoms with E-state index in [-0.39, 0.29) is 6.04 Å². The Morgan fingerprint density at radius 2 is 2.11 bits per heavy atom. The van der Waals surface area contributed by atoms with Crippen LogP contribution in [0.2, 0.25) is 0 Å². The summed E-state index contributed by atoms with van der Waals surface area (Å²) in [5.41, 5.74) is 5.43. The summed E-state index contributed by atoms with van der Waals surface area (Å²) in [5.74, 6) is 0.911. The van der Waals surface area contributed by atoms with Crippen molar-refractivity contribution in [3.8, 4) is 22.6 Å². The molecule has 1 atom stereocenters. The van der Waals surface area contributed by atoms with Gasteiger partial charge in [-0.1, -0.05) is 0 Å². The number of aryl methyl sites for hydroxylation is 2. The summed E-state index contributed by atoms with van der Waals surface area (Å²) in [7, 11) is 1.93. The second kappa shape index (κ2) is 6.45. The van der Waals surface area contributed by atoms with Gasteiger partial charge in [0.15, 0.2) is 5.65 Å². The van der Waals surface area contributed by atoms with Crippen LogP contribution >= 0.6 is 0 Å². The first-order chi connectivity index (χ1) is 13.6. The zero-order valence-electron chi connectivity index (χ0n) is 16.1. The number of nitrogens with one attached hydrogen (secondary N) is 1. The molecule has 0 spiro atoms. The number of hydrogen-bond acceptors (Lipinski definition) is 6. The summed E-state index contributed by atoms with van der Waals surface area (Å²) in [6, 6.07) is 6.33. The van der Waals surface area contributed by atoms with Crippen LogP contribution in [0.1, 0.15) is 12.6 Å². The predicted molar refractivity (Wildman–Crippen MR) is 105 cm³/mol. The molecule has 0 aromatic carbocycles. The molecule has 9 heteroatoms. The molecule has 5 heterocycles. The van der Waals surface area contributed by atoms with Crippen molar-refractivity contribution in [2.45, 2.75) is 19.9 Å². The molecule has 144 valence electrons. The van der Waals surface area contributed by atoms with Gasteiger partial charge in [-0.2, -0.15) is 15.3 Å². The molecule has 1 N–H and O–H groups in total. The molecular formula is C19H22N8O. The van der Waals surface area contributed by atoms with Crippen LogP contribution in [0, 0.1) is 6.92 Å². The van der Waals surface area contributed by atoms with Crippen molar-refractivity contribution in [1.82, 2.24) is 34.6 Å². The fourth-order valence-electron chi connectivity index (χ4n) is 3.71. The van der Waals surface area contributed by atoms with E-state index in [0.717, 1.165) is 46.3 Å². The molecule has 28 heavy (non-hydrogen) atoms. The first-order valence-electron chi connectivity index (χ1n) is 9.36. The topological polar surface area (TPSA) is 89.2 Å². The first kappa shape index (κ1) is 16.9. The minimum absolute atomic E-state index is 0.252. The van der Waals surface area contributed by atoms with Gasteiger partial charge in [-0.3, -0.25) is 9.78 Å². The van der Waals surface area contributed by atoms with E-state index < -0.39 is 0 Å². The van der Waals surface area contributed by atoms with Crippen LogP contribution in [-0.4, -0.2) is 60.4 Å². The number of H-pyrrole nitrogens is 1. The van der Waals surface area contributed by atoms with Crippen molar-refractivity contribution in [3.05, 3.63) is 36.3 Å². The number of aromatic nitrogens is 7. The van der Waals surface area contributed by atoms with Crippen LogP contribution in [0.3, 0.4) is 0 Å². The second-order valence-corrected chi connectivity index (χ2v) is 7.19. The van der Waals surface area contributed by atoms with Gasteiger partial charge >= 0.3 is 0 Å².